The third kappa shape index (κ3) is 6.28. The second-order valence-electron chi connectivity index (χ2n) is 8.15. The molecule has 0 aliphatic carbocycles. The average Bonchev–Trinajstić information content (AvgIpc) is 2.71. The maximum atomic E-state index is 6.01. The Balaban J connectivity index is 1.73. The van der Waals surface area contributed by atoms with Crippen molar-refractivity contribution < 1.29 is 0 Å². The second-order valence-corrected chi connectivity index (χ2v) is 8.15. The largest absolute Gasteiger partial charge is 0.399 e. The molecule has 2 heterocycles. The van der Waals surface area contributed by atoms with Crippen LogP contribution in [0.25, 0.3) is 10.9 Å². The summed E-state index contributed by atoms with van der Waals surface area (Å²) in [5.74, 6) is 1.40. The summed E-state index contributed by atoms with van der Waals surface area (Å²) in [6.45, 7) is 13.9. The number of pyridine rings is 1. The van der Waals surface area contributed by atoms with Gasteiger partial charge in [-0.2, -0.15) is 4.98 Å². The molecule has 1 unspecified atom stereocenters. The highest BCUT2D eigenvalue weighted by atomic mass is 15.2. The third-order valence-electron chi connectivity index (χ3n) is 5.46. The van der Waals surface area contributed by atoms with E-state index in [0.29, 0.717) is 17.7 Å². The fraction of sp³-hybridized carbons (Fsp3) is 0.458. The standard InChI is InChI=1S/C24H35N7/c1-6-31(7-2)12-8-9-16(3)27-24-28-18(5)14-23(30-24)29-22-13-17(4)26-21-11-10-19(25)15-20(21)22/h10-11,13-16H,6-9,12,25H2,1-5H3,(H2,26,27,28,29,30). The highest BCUT2D eigenvalue weighted by molar-refractivity contribution is 5.94. The Kier molecular flexibility index (Phi) is 7.63. The van der Waals surface area contributed by atoms with Gasteiger partial charge in [0, 0.05) is 34.6 Å². The minimum Gasteiger partial charge on any atom is -0.399 e. The summed E-state index contributed by atoms with van der Waals surface area (Å²) < 4.78 is 0. The van der Waals surface area contributed by atoms with Gasteiger partial charge in [0.2, 0.25) is 5.95 Å². The van der Waals surface area contributed by atoms with Crippen LogP contribution >= 0.6 is 0 Å². The molecule has 0 spiro atoms. The van der Waals surface area contributed by atoms with Gasteiger partial charge >= 0.3 is 0 Å². The van der Waals surface area contributed by atoms with Gasteiger partial charge in [-0.15, -0.1) is 0 Å². The number of hydrogen-bond acceptors (Lipinski definition) is 7. The molecule has 166 valence electrons. The molecule has 1 aromatic carbocycles. The normalized spacial score (nSPS) is 12.3. The molecule has 31 heavy (non-hydrogen) atoms. The number of aryl methyl sites for hydroxylation is 2. The van der Waals surface area contributed by atoms with Gasteiger partial charge in [0.1, 0.15) is 5.82 Å². The van der Waals surface area contributed by atoms with Gasteiger partial charge in [0.15, 0.2) is 0 Å². The van der Waals surface area contributed by atoms with Gasteiger partial charge in [0.25, 0.3) is 0 Å². The summed E-state index contributed by atoms with van der Waals surface area (Å²) in [4.78, 5) is 16.3. The molecule has 0 amide bonds. The zero-order valence-electron chi connectivity index (χ0n) is 19.4. The third-order valence-corrected chi connectivity index (χ3v) is 5.46. The summed E-state index contributed by atoms with van der Waals surface area (Å²) in [7, 11) is 0. The molecule has 3 aromatic rings. The lowest BCUT2D eigenvalue weighted by atomic mass is 10.1. The van der Waals surface area contributed by atoms with Gasteiger partial charge in [0.05, 0.1) is 11.2 Å². The van der Waals surface area contributed by atoms with E-state index >= 15 is 0 Å². The Bertz CT molecular complexity index is 1010. The number of nitrogens with one attached hydrogen (secondary N) is 2. The Morgan fingerprint density at radius 1 is 1.00 bits per heavy atom. The Morgan fingerprint density at radius 2 is 1.74 bits per heavy atom. The lowest BCUT2D eigenvalue weighted by molar-refractivity contribution is 0.295. The molecule has 0 radical (unpaired) electrons. The van der Waals surface area contributed by atoms with Crippen molar-refractivity contribution in [1.29, 1.82) is 0 Å². The van der Waals surface area contributed by atoms with E-state index < -0.39 is 0 Å². The maximum absolute atomic E-state index is 6.01. The van der Waals surface area contributed by atoms with E-state index in [0.717, 1.165) is 66.3 Å². The van der Waals surface area contributed by atoms with Crippen LogP contribution in [0.15, 0.2) is 30.3 Å². The minimum atomic E-state index is 0.300. The Morgan fingerprint density at radius 3 is 2.48 bits per heavy atom. The predicted molar refractivity (Wildman–Crippen MR) is 131 cm³/mol. The second kappa shape index (κ2) is 10.4. The van der Waals surface area contributed by atoms with Crippen molar-refractivity contribution in [2.24, 2.45) is 0 Å². The fourth-order valence-corrected chi connectivity index (χ4v) is 3.77. The maximum Gasteiger partial charge on any atom is 0.225 e. The van der Waals surface area contributed by atoms with Gasteiger partial charge in [-0.05, 0) is 77.5 Å². The van der Waals surface area contributed by atoms with Crippen LogP contribution in [0.4, 0.5) is 23.1 Å². The number of nitrogens with zero attached hydrogens (tertiary/aromatic N) is 4. The first-order valence-electron chi connectivity index (χ1n) is 11.2. The summed E-state index contributed by atoms with van der Waals surface area (Å²) in [6.07, 6.45) is 2.22. The van der Waals surface area contributed by atoms with Crippen LogP contribution in [0, 0.1) is 13.8 Å². The van der Waals surface area contributed by atoms with Crippen LogP contribution < -0.4 is 16.4 Å². The van der Waals surface area contributed by atoms with E-state index in [1.165, 1.54) is 0 Å². The van der Waals surface area contributed by atoms with Crippen molar-refractivity contribution >= 4 is 34.0 Å². The van der Waals surface area contributed by atoms with Crippen LogP contribution in [0.2, 0.25) is 0 Å². The Hall–Kier alpha value is -2.93. The van der Waals surface area contributed by atoms with Crippen molar-refractivity contribution in [1.82, 2.24) is 19.9 Å². The monoisotopic (exact) mass is 421 g/mol. The number of hydrogen-bond donors (Lipinski definition) is 3. The van der Waals surface area contributed by atoms with Crippen LogP contribution in [0.3, 0.4) is 0 Å². The molecule has 0 saturated heterocycles. The van der Waals surface area contributed by atoms with Gasteiger partial charge in [-0.1, -0.05) is 13.8 Å². The molecular weight excluding hydrogens is 386 g/mol. The zero-order chi connectivity index (χ0) is 22.4. The molecule has 2 aromatic heterocycles. The van der Waals surface area contributed by atoms with Crippen molar-refractivity contribution in [3.63, 3.8) is 0 Å². The summed E-state index contributed by atoms with van der Waals surface area (Å²) in [5, 5.41) is 7.89. The molecule has 0 aliphatic heterocycles. The SMILES string of the molecule is CCN(CC)CCCC(C)Nc1nc(C)cc(Nc2cc(C)nc3ccc(N)cc23)n1. The highest BCUT2D eigenvalue weighted by Crippen LogP contribution is 2.28. The molecule has 3 rings (SSSR count). The fourth-order valence-electron chi connectivity index (χ4n) is 3.77. The minimum absolute atomic E-state index is 0.300. The summed E-state index contributed by atoms with van der Waals surface area (Å²) in [5.41, 5.74) is 10.4. The quantitative estimate of drug-likeness (QED) is 0.401. The lowest BCUT2D eigenvalue weighted by Gasteiger charge is -2.20. The topological polar surface area (TPSA) is 92.0 Å². The number of anilines is 4. The number of fused-ring (bicyclic) bond motifs is 1. The first-order chi connectivity index (χ1) is 14.9. The molecule has 0 fully saturated rings. The number of rotatable bonds is 10. The molecule has 4 N–H and O–H groups in total. The van der Waals surface area contributed by atoms with Gasteiger partial charge in [-0.25, -0.2) is 4.98 Å². The number of nitrogens with two attached hydrogens (primary N) is 1. The number of benzene rings is 1. The van der Waals surface area contributed by atoms with Crippen LogP contribution in [-0.2, 0) is 0 Å². The van der Waals surface area contributed by atoms with Crippen molar-refractivity contribution in [2.45, 2.75) is 53.5 Å². The van der Waals surface area contributed by atoms with Gasteiger partial charge < -0.3 is 21.3 Å². The van der Waals surface area contributed by atoms with E-state index in [4.69, 9.17) is 10.7 Å². The molecule has 7 nitrogen and oxygen atoms in total. The molecule has 1 atom stereocenters. The first kappa shape index (κ1) is 22.7. The lowest BCUT2D eigenvalue weighted by Crippen LogP contribution is -2.26. The summed E-state index contributed by atoms with van der Waals surface area (Å²) >= 11 is 0. The average molecular weight is 422 g/mol. The van der Waals surface area contributed by atoms with Crippen LogP contribution in [0.5, 0.6) is 0 Å². The smallest absolute Gasteiger partial charge is 0.225 e. The first-order valence-corrected chi connectivity index (χ1v) is 11.2. The highest BCUT2D eigenvalue weighted by Gasteiger charge is 2.10. The predicted octanol–water partition coefficient (Wildman–Crippen LogP) is 4.89. The molecule has 0 aliphatic rings. The number of aromatic nitrogens is 3. The summed E-state index contributed by atoms with van der Waals surface area (Å²) in [6, 6.07) is 10.0. The van der Waals surface area contributed by atoms with E-state index in [9.17, 15) is 0 Å². The Labute approximate surface area is 185 Å². The molecule has 0 saturated carbocycles. The van der Waals surface area contributed by atoms with E-state index in [1.807, 2.05) is 44.2 Å². The van der Waals surface area contributed by atoms with Crippen LogP contribution in [0.1, 0.15) is 45.0 Å². The zero-order valence-corrected chi connectivity index (χ0v) is 19.4. The molecular formula is C24H35N7. The van der Waals surface area contributed by atoms with Crippen molar-refractivity contribution in [2.75, 3.05) is 36.0 Å². The van der Waals surface area contributed by atoms with E-state index in [-0.39, 0.29) is 0 Å². The van der Waals surface area contributed by atoms with Gasteiger partial charge in [-0.3, -0.25) is 4.98 Å². The van der Waals surface area contributed by atoms with Crippen molar-refractivity contribution in [3.8, 4) is 0 Å². The number of nitrogen functional groups attached to an aromatic ring is 1. The van der Waals surface area contributed by atoms with Crippen LogP contribution in [-0.4, -0.2) is 45.5 Å². The molecule has 7 heteroatoms. The molecule has 0 bridgehead atoms. The van der Waals surface area contributed by atoms with E-state index in [2.05, 4.69) is 46.3 Å². The van der Waals surface area contributed by atoms with E-state index in [1.54, 1.807) is 0 Å². The van der Waals surface area contributed by atoms with Crippen molar-refractivity contribution in [3.05, 3.63) is 41.7 Å².